The topological polar surface area (TPSA) is 38.8 Å². The van der Waals surface area contributed by atoms with Crippen LogP contribution in [0.25, 0.3) is 0 Å². The predicted molar refractivity (Wildman–Crippen MR) is 62.3 cm³/mol. The molecule has 0 amide bonds. The molecule has 1 heterocycles. The molecule has 1 saturated heterocycles. The van der Waals surface area contributed by atoms with Crippen molar-refractivity contribution in [3.63, 3.8) is 0 Å². The molecule has 16 heavy (non-hydrogen) atoms. The molecule has 0 spiro atoms. The fraction of sp³-hybridized carbons (Fsp3) is 0.917. The van der Waals surface area contributed by atoms with Gasteiger partial charge in [-0.2, -0.15) is 0 Å². The molecule has 0 saturated carbocycles. The van der Waals surface area contributed by atoms with Gasteiger partial charge in [-0.05, 0) is 34.6 Å². The lowest BCUT2D eigenvalue weighted by Gasteiger charge is -2.36. The smallest absolute Gasteiger partial charge is 0.320 e. The molecule has 0 aromatic carbocycles. The molecule has 1 fully saturated rings. The molecule has 0 aromatic heterocycles. The van der Waals surface area contributed by atoms with Gasteiger partial charge in [0.25, 0.3) is 0 Å². The lowest BCUT2D eigenvalue weighted by Crippen LogP contribution is -2.50. The van der Waals surface area contributed by atoms with E-state index in [4.69, 9.17) is 9.47 Å². The van der Waals surface area contributed by atoms with Crippen LogP contribution < -0.4 is 0 Å². The minimum Gasteiger partial charge on any atom is -0.459 e. The average Bonchev–Trinajstić information content (AvgIpc) is 2.08. The minimum atomic E-state index is -0.405. The SMILES string of the molecule is CC1CN(CC(=O)OC(C)(C)C)C(C)CO1. The number of carbonyl (C=O) groups is 1. The second-order valence-electron chi connectivity index (χ2n) is 5.51. The van der Waals surface area contributed by atoms with Crippen LogP contribution in [0.2, 0.25) is 0 Å². The largest absolute Gasteiger partial charge is 0.459 e. The monoisotopic (exact) mass is 229 g/mol. The highest BCUT2D eigenvalue weighted by Crippen LogP contribution is 2.13. The molecule has 0 aliphatic carbocycles. The van der Waals surface area contributed by atoms with Crippen molar-refractivity contribution < 1.29 is 14.3 Å². The van der Waals surface area contributed by atoms with Crippen molar-refractivity contribution in [2.75, 3.05) is 19.7 Å². The van der Waals surface area contributed by atoms with Gasteiger partial charge in [0.05, 0.1) is 19.3 Å². The normalized spacial score (nSPS) is 27.8. The number of esters is 1. The first-order valence-corrected chi connectivity index (χ1v) is 5.85. The maximum atomic E-state index is 11.7. The van der Waals surface area contributed by atoms with Gasteiger partial charge in [-0.3, -0.25) is 9.69 Å². The summed E-state index contributed by atoms with van der Waals surface area (Å²) in [7, 11) is 0. The van der Waals surface area contributed by atoms with Gasteiger partial charge < -0.3 is 9.47 Å². The third-order valence-corrected chi connectivity index (χ3v) is 2.49. The van der Waals surface area contributed by atoms with Gasteiger partial charge in [0.15, 0.2) is 0 Å². The molecule has 1 aliphatic rings. The van der Waals surface area contributed by atoms with Crippen LogP contribution in [0, 0.1) is 0 Å². The Morgan fingerprint density at radius 1 is 1.44 bits per heavy atom. The lowest BCUT2D eigenvalue weighted by molar-refractivity contribution is -0.159. The minimum absolute atomic E-state index is 0.159. The Kier molecular flexibility index (Phi) is 4.33. The Morgan fingerprint density at radius 3 is 2.62 bits per heavy atom. The summed E-state index contributed by atoms with van der Waals surface area (Å²) < 4.78 is 10.8. The number of ether oxygens (including phenoxy) is 2. The van der Waals surface area contributed by atoms with Gasteiger partial charge in [-0.15, -0.1) is 0 Å². The van der Waals surface area contributed by atoms with Crippen LogP contribution >= 0.6 is 0 Å². The second kappa shape index (κ2) is 5.15. The van der Waals surface area contributed by atoms with Crippen LogP contribution in [0.15, 0.2) is 0 Å². The highest BCUT2D eigenvalue weighted by molar-refractivity contribution is 5.72. The molecule has 0 aromatic rings. The Balaban J connectivity index is 2.43. The summed E-state index contributed by atoms with van der Waals surface area (Å²) in [5.41, 5.74) is -0.405. The molecule has 0 bridgehead atoms. The van der Waals surface area contributed by atoms with E-state index < -0.39 is 5.60 Å². The van der Waals surface area contributed by atoms with E-state index in [1.54, 1.807) is 0 Å². The maximum Gasteiger partial charge on any atom is 0.320 e. The number of hydrogen-bond donors (Lipinski definition) is 0. The van der Waals surface area contributed by atoms with Gasteiger partial charge in [0.2, 0.25) is 0 Å². The Bertz CT molecular complexity index is 247. The van der Waals surface area contributed by atoms with Crippen molar-refractivity contribution in [2.24, 2.45) is 0 Å². The lowest BCUT2D eigenvalue weighted by atomic mass is 10.2. The summed E-state index contributed by atoms with van der Waals surface area (Å²) in [6.45, 7) is 11.6. The summed E-state index contributed by atoms with van der Waals surface area (Å²) in [6, 6.07) is 0.281. The van der Waals surface area contributed by atoms with Gasteiger partial charge >= 0.3 is 5.97 Å². The Labute approximate surface area is 97.9 Å². The van der Waals surface area contributed by atoms with Crippen molar-refractivity contribution in [1.82, 2.24) is 4.90 Å². The van der Waals surface area contributed by atoms with Crippen LogP contribution in [-0.2, 0) is 14.3 Å². The number of morpholine rings is 1. The summed E-state index contributed by atoms with van der Waals surface area (Å²) in [5, 5.41) is 0. The molecule has 2 unspecified atom stereocenters. The van der Waals surface area contributed by atoms with E-state index in [0.29, 0.717) is 13.2 Å². The van der Waals surface area contributed by atoms with Crippen LogP contribution in [0.3, 0.4) is 0 Å². The van der Waals surface area contributed by atoms with Gasteiger partial charge in [-0.25, -0.2) is 0 Å². The molecule has 0 N–H and O–H groups in total. The van der Waals surface area contributed by atoms with E-state index >= 15 is 0 Å². The fourth-order valence-electron chi connectivity index (χ4n) is 1.73. The molecule has 4 heteroatoms. The summed E-state index contributed by atoms with van der Waals surface area (Å²) in [4.78, 5) is 13.8. The Morgan fingerprint density at radius 2 is 2.06 bits per heavy atom. The standard InChI is InChI=1S/C12H23NO3/c1-9-8-15-10(2)6-13(9)7-11(14)16-12(3,4)5/h9-10H,6-8H2,1-5H3. The maximum absolute atomic E-state index is 11.7. The van der Waals surface area contributed by atoms with Crippen molar-refractivity contribution in [3.8, 4) is 0 Å². The zero-order chi connectivity index (χ0) is 12.3. The van der Waals surface area contributed by atoms with Gasteiger partial charge in [0, 0.05) is 12.6 Å². The summed E-state index contributed by atoms with van der Waals surface area (Å²) in [5.74, 6) is -0.159. The quantitative estimate of drug-likeness (QED) is 0.672. The molecule has 4 nitrogen and oxygen atoms in total. The van der Waals surface area contributed by atoms with E-state index in [0.717, 1.165) is 6.54 Å². The molecule has 1 aliphatic heterocycles. The number of hydrogen-bond acceptors (Lipinski definition) is 4. The third kappa shape index (κ3) is 4.49. The van der Waals surface area contributed by atoms with Gasteiger partial charge in [0.1, 0.15) is 5.60 Å². The van der Waals surface area contributed by atoms with Crippen LogP contribution in [0.4, 0.5) is 0 Å². The fourth-order valence-corrected chi connectivity index (χ4v) is 1.73. The first kappa shape index (κ1) is 13.5. The zero-order valence-electron chi connectivity index (χ0n) is 10.9. The third-order valence-electron chi connectivity index (χ3n) is 2.49. The van der Waals surface area contributed by atoms with Crippen molar-refractivity contribution >= 4 is 5.97 Å². The Hall–Kier alpha value is -0.610. The van der Waals surface area contributed by atoms with Gasteiger partial charge in [-0.1, -0.05) is 0 Å². The molecule has 94 valence electrons. The van der Waals surface area contributed by atoms with E-state index in [2.05, 4.69) is 11.8 Å². The number of nitrogens with zero attached hydrogens (tertiary/aromatic N) is 1. The summed E-state index contributed by atoms with van der Waals surface area (Å²) >= 11 is 0. The highest BCUT2D eigenvalue weighted by Gasteiger charge is 2.27. The number of rotatable bonds is 2. The second-order valence-corrected chi connectivity index (χ2v) is 5.51. The van der Waals surface area contributed by atoms with Crippen LogP contribution in [0.1, 0.15) is 34.6 Å². The van der Waals surface area contributed by atoms with E-state index in [1.165, 1.54) is 0 Å². The number of carbonyl (C=O) groups excluding carboxylic acids is 1. The van der Waals surface area contributed by atoms with Crippen LogP contribution in [0.5, 0.6) is 0 Å². The molecule has 2 atom stereocenters. The first-order chi connectivity index (χ1) is 7.28. The molecular formula is C12H23NO3. The molecule has 0 radical (unpaired) electrons. The van der Waals surface area contributed by atoms with Crippen LogP contribution in [-0.4, -0.2) is 48.3 Å². The molecular weight excluding hydrogens is 206 g/mol. The molecule has 1 rings (SSSR count). The van der Waals surface area contributed by atoms with Crippen molar-refractivity contribution in [1.29, 1.82) is 0 Å². The van der Waals surface area contributed by atoms with Crippen molar-refractivity contribution in [2.45, 2.75) is 52.4 Å². The van der Waals surface area contributed by atoms with Crippen molar-refractivity contribution in [3.05, 3.63) is 0 Å². The summed E-state index contributed by atoms with van der Waals surface area (Å²) in [6.07, 6.45) is 0.193. The van der Waals surface area contributed by atoms with E-state index in [1.807, 2.05) is 27.7 Å². The zero-order valence-corrected chi connectivity index (χ0v) is 10.9. The average molecular weight is 229 g/mol. The van der Waals surface area contributed by atoms with E-state index in [9.17, 15) is 4.79 Å². The predicted octanol–water partition coefficient (Wildman–Crippen LogP) is 1.44. The first-order valence-electron chi connectivity index (χ1n) is 5.85. The highest BCUT2D eigenvalue weighted by atomic mass is 16.6. The van der Waals surface area contributed by atoms with E-state index in [-0.39, 0.29) is 18.1 Å².